The van der Waals surface area contributed by atoms with Gasteiger partial charge in [-0.25, -0.2) is 0 Å². The van der Waals surface area contributed by atoms with Crippen molar-refractivity contribution in [3.63, 3.8) is 0 Å². The summed E-state index contributed by atoms with van der Waals surface area (Å²) in [5.41, 5.74) is 0.524. The van der Waals surface area contributed by atoms with Crippen molar-refractivity contribution in [1.82, 2.24) is 10.6 Å². The van der Waals surface area contributed by atoms with Crippen LogP contribution in [0.15, 0.2) is 72.8 Å². The number of ether oxygens (including phenoxy) is 1. The van der Waals surface area contributed by atoms with E-state index in [-0.39, 0.29) is 11.8 Å². The minimum atomic E-state index is -0.629. The summed E-state index contributed by atoms with van der Waals surface area (Å²) in [5, 5.41) is 7.61. The van der Waals surface area contributed by atoms with E-state index >= 15 is 0 Å². The first-order valence-corrected chi connectivity index (χ1v) is 8.89. The second-order valence-corrected chi connectivity index (χ2v) is 6.18. The largest absolute Gasteiger partial charge is 0.491 e. The molecule has 3 rings (SSSR count). The number of nitrogens with one attached hydrogen (secondary N) is 2. The zero-order valence-corrected chi connectivity index (χ0v) is 15.1. The van der Waals surface area contributed by atoms with Crippen molar-refractivity contribution in [2.75, 3.05) is 13.2 Å². The Hall–Kier alpha value is -3.34. The summed E-state index contributed by atoms with van der Waals surface area (Å²) in [6, 6.07) is 22.0. The van der Waals surface area contributed by atoms with Crippen molar-refractivity contribution < 1.29 is 14.3 Å². The average molecular weight is 362 g/mol. The van der Waals surface area contributed by atoms with Crippen LogP contribution in [0.1, 0.15) is 17.3 Å². The Morgan fingerprint density at radius 3 is 2.44 bits per heavy atom. The van der Waals surface area contributed by atoms with Crippen LogP contribution in [0.25, 0.3) is 10.8 Å². The molecule has 1 atom stereocenters. The summed E-state index contributed by atoms with van der Waals surface area (Å²) in [5.74, 6) is 0.263. The molecule has 138 valence electrons. The number of benzene rings is 3. The maximum Gasteiger partial charge on any atom is 0.251 e. The van der Waals surface area contributed by atoms with E-state index in [1.807, 2.05) is 48.5 Å². The van der Waals surface area contributed by atoms with Gasteiger partial charge in [-0.1, -0.05) is 54.6 Å². The lowest BCUT2D eigenvalue weighted by Crippen LogP contribution is -2.45. The monoisotopic (exact) mass is 362 g/mol. The molecule has 27 heavy (non-hydrogen) atoms. The van der Waals surface area contributed by atoms with Gasteiger partial charge in [-0.2, -0.15) is 0 Å². The van der Waals surface area contributed by atoms with Crippen molar-refractivity contribution in [3.05, 3.63) is 78.4 Å². The fraction of sp³-hybridized carbons (Fsp3) is 0.182. The molecule has 2 N–H and O–H groups in total. The van der Waals surface area contributed by atoms with Crippen molar-refractivity contribution in [2.45, 2.75) is 13.0 Å². The second kappa shape index (κ2) is 8.85. The molecule has 0 bridgehead atoms. The van der Waals surface area contributed by atoms with Crippen LogP contribution in [0.5, 0.6) is 5.75 Å². The molecule has 3 aromatic rings. The molecule has 0 saturated heterocycles. The molecular formula is C22H22N2O3. The molecule has 0 spiro atoms. The van der Waals surface area contributed by atoms with Gasteiger partial charge in [0.2, 0.25) is 5.91 Å². The molecule has 0 saturated carbocycles. The Bertz CT molecular complexity index is 920. The van der Waals surface area contributed by atoms with Gasteiger partial charge in [-0.05, 0) is 30.5 Å². The normalized spacial score (nSPS) is 11.6. The van der Waals surface area contributed by atoms with Crippen LogP contribution in [0.4, 0.5) is 0 Å². The van der Waals surface area contributed by atoms with Gasteiger partial charge in [-0.15, -0.1) is 0 Å². The molecular weight excluding hydrogens is 340 g/mol. The lowest BCUT2D eigenvalue weighted by Gasteiger charge is -2.15. The predicted octanol–water partition coefficient (Wildman–Crippen LogP) is 3.15. The Morgan fingerprint density at radius 1 is 0.926 bits per heavy atom. The van der Waals surface area contributed by atoms with E-state index in [0.717, 1.165) is 16.5 Å². The summed E-state index contributed by atoms with van der Waals surface area (Å²) < 4.78 is 5.80. The van der Waals surface area contributed by atoms with E-state index in [1.165, 1.54) is 0 Å². The third-order valence-electron chi connectivity index (χ3n) is 4.19. The summed E-state index contributed by atoms with van der Waals surface area (Å²) in [4.78, 5) is 24.2. The number of hydrogen-bond donors (Lipinski definition) is 2. The van der Waals surface area contributed by atoms with Gasteiger partial charge in [0, 0.05) is 10.9 Å². The summed E-state index contributed by atoms with van der Waals surface area (Å²) in [7, 11) is 0. The smallest absolute Gasteiger partial charge is 0.251 e. The highest BCUT2D eigenvalue weighted by molar-refractivity contribution is 5.97. The van der Waals surface area contributed by atoms with E-state index in [0.29, 0.717) is 18.7 Å². The Kier molecular flexibility index (Phi) is 6.05. The highest BCUT2D eigenvalue weighted by Gasteiger charge is 2.16. The predicted molar refractivity (Wildman–Crippen MR) is 106 cm³/mol. The fourth-order valence-corrected chi connectivity index (χ4v) is 2.74. The van der Waals surface area contributed by atoms with Crippen LogP contribution in [-0.4, -0.2) is 31.0 Å². The molecule has 0 aliphatic heterocycles. The molecule has 2 amide bonds. The van der Waals surface area contributed by atoms with Crippen molar-refractivity contribution in [1.29, 1.82) is 0 Å². The van der Waals surface area contributed by atoms with E-state index in [9.17, 15) is 9.59 Å². The van der Waals surface area contributed by atoms with Crippen LogP contribution in [0.3, 0.4) is 0 Å². The molecule has 0 aliphatic carbocycles. The molecule has 1 unspecified atom stereocenters. The van der Waals surface area contributed by atoms with Crippen LogP contribution < -0.4 is 15.4 Å². The van der Waals surface area contributed by atoms with Gasteiger partial charge in [0.25, 0.3) is 5.91 Å². The van der Waals surface area contributed by atoms with Crippen LogP contribution in [0, 0.1) is 0 Å². The second-order valence-electron chi connectivity index (χ2n) is 6.18. The minimum absolute atomic E-state index is 0.249. The SMILES string of the molecule is CC(NC(=O)c1ccccc1)C(=O)NCCOc1cccc2ccccc12. The van der Waals surface area contributed by atoms with Gasteiger partial charge in [0.15, 0.2) is 0 Å². The summed E-state index contributed by atoms with van der Waals surface area (Å²) in [6.45, 7) is 2.36. The first kappa shape index (κ1) is 18.5. The third-order valence-corrected chi connectivity index (χ3v) is 4.19. The summed E-state index contributed by atoms with van der Waals surface area (Å²) >= 11 is 0. The van der Waals surface area contributed by atoms with Gasteiger partial charge in [-0.3, -0.25) is 9.59 Å². The molecule has 0 aromatic heterocycles. The number of carbonyl (C=O) groups excluding carboxylic acids is 2. The molecule has 5 nitrogen and oxygen atoms in total. The zero-order valence-electron chi connectivity index (χ0n) is 15.1. The molecule has 0 heterocycles. The van der Waals surface area contributed by atoms with Gasteiger partial charge >= 0.3 is 0 Å². The standard InChI is InChI=1S/C22H22N2O3/c1-16(24-22(26)18-9-3-2-4-10-18)21(25)23-14-15-27-20-13-7-11-17-8-5-6-12-19(17)20/h2-13,16H,14-15H2,1H3,(H,23,25)(H,24,26). The number of hydrogen-bond acceptors (Lipinski definition) is 3. The highest BCUT2D eigenvalue weighted by Crippen LogP contribution is 2.24. The lowest BCUT2D eigenvalue weighted by molar-refractivity contribution is -0.122. The van der Waals surface area contributed by atoms with Crippen molar-refractivity contribution in [2.24, 2.45) is 0 Å². The minimum Gasteiger partial charge on any atom is -0.491 e. The molecule has 5 heteroatoms. The topological polar surface area (TPSA) is 67.4 Å². The molecule has 0 radical (unpaired) electrons. The molecule has 3 aromatic carbocycles. The Morgan fingerprint density at radius 2 is 1.63 bits per heavy atom. The quantitative estimate of drug-likeness (QED) is 0.635. The highest BCUT2D eigenvalue weighted by atomic mass is 16.5. The maximum atomic E-state index is 12.2. The van der Waals surface area contributed by atoms with Crippen LogP contribution >= 0.6 is 0 Å². The summed E-state index contributed by atoms with van der Waals surface area (Å²) in [6.07, 6.45) is 0. The van der Waals surface area contributed by atoms with E-state index in [1.54, 1.807) is 31.2 Å². The molecule has 0 fully saturated rings. The third kappa shape index (κ3) is 4.85. The zero-order chi connectivity index (χ0) is 19.1. The number of rotatable bonds is 7. The maximum absolute atomic E-state index is 12.2. The van der Waals surface area contributed by atoms with Crippen LogP contribution in [-0.2, 0) is 4.79 Å². The Balaban J connectivity index is 1.46. The van der Waals surface area contributed by atoms with Crippen LogP contribution in [0.2, 0.25) is 0 Å². The number of fused-ring (bicyclic) bond motifs is 1. The fourth-order valence-electron chi connectivity index (χ4n) is 2.74. The number of carbonyl (C=O) groups is 2. The van der Waals surface area contributed by atoms with E-state index < -0.39 is 6.04 Å². The van der Waals surface area contributed by atoms with Gasteiger partial charge in [0.05, 0.1) is 6.54 Å². The lowest BCUT2D eigenvalue weighted by atomic mass is 10.1. The Labute approximate surface area is 158 Å². The average Bonchev–Trinajstić information content (AvgIpc) is 2.71. The first-order chi connectivity index (χ1) is 13.1. The van der Waals surface area contributed by atoms with Crippen molar-refractivity contribution >= 4 is 22.6 Å². The van der Waals surface area contributed by atoms with Gasteiger partial charge in [0.1, 0.15) is 18.4 Å². The van der Waals surface area contributed by atoms with E-state index in [2.05, 4.69) is 10.6 Å². The van der Waals surface area contributed by atoms with Crippen molar-refractivity contribution in [3.8, 4) is 5.75 Å². The number of amides is 2. The first-order valence-electron chi connectivity index (χ1n) is 8.89. The van der Waals surface area contributed by atoms with Gasteiger partial charge < -0.3 is 15.4 Å². The van der Waals surface area contributed by atoms with E-state index in [4.69, 9.17) is 4.74 Å². The molecule has 0 aliphatic rings.